The van der Waals surface area contributed by atoms with E-state index in [1.165, 1.54) is 34.4 Å². The smallest absolute Gasteiger partial charge is 0.166 e. The molecule has 0 bridgehead atoms. The topological polar surface area (TPSA) is 32.3 Å². The molecule has 2 aromatic rings. The number of aryl methyl sites for hydroxylation is 3. The van der Waals surface area contributed by atoms with Gasteiger partial charge in [-0.25, -0.2) is 4.39 Å². The number of nitrogens with one attached hydrogen (secondary N) is 1. The third kappa shape index (κ3) is 2.93. The van der Waals surface area contributed by atoms with Crippen LogP contribution in [0.1, 0.15) is 35.2 Å². The van der Waals surface area contributed by atoms with E-state index < -0.39 is 5.82 Å². The zero-order valence-electron chi connectivity index (χ0n) is 12.3. The Kier molecular flexibility index (Phi) is 3.98. The Bertz CT molecular complexity index is 637. The van der Waals surface area contributed by atoms with E-state index in [2.05, 4.69) is 38.2 Å². The molecule has 0 aromatic heterocycles. The second-order valence-electron chi connectivity index (χ2n) is 5.33. The summed E-state index contributed by atoms with van der Waals surface area (Å²) in [6.07, 6.45) is 0. The van der Waals surface area contributed by atoms with Gasteiger partial charge in [-0.3, -0.25) is 0 Å². The Labute approximate surface area is 119 Å². The second-order valence-corrected chi connectivity index (χ2v) is 5.33. The van der Waals surface area contributed by atoms with Gasteiger partial charge in [0.05, 0.1) is 0 Å². The van der Waals surface area contributed by atoms with Gasteiger partial charge >= 0.3 is 0 Å². The van der Waals surface area contributed by atoms with Crippen molar-refractivity contribution in [3.8, 4) is 5.75 Å². The summed E-state index contributed by atoms with van der Waals surface area (Å²) in [5.41, 5.74) is 5.59. The molecule has 2 nitrogen and oxygen atoms in total. The summed E-state index contributed by atoms with van der Waals surface area (Å²) in [4.78, 5) is 0. The highest BCUT2D eigenvalue weighted by Gasteiger charge is 2.11. The number of benzene rings is 2. The van der Waals surface area contributed by atoms with Crippen molar-refractivity contribution in [1.29, 1.82) is 0 Å². The Balaban J connectivity index is 2.25. The van der Waals surface area contributed by atoms with Crippen LogP contribution in [0, 0.1) is 26.6 Å². The number of phenolic OH excluding ortho intramolecular Hbond substituents is 1. The Morgan fingerprint density at radius 1 is 1.00 bits per heavy atom. The molecule has 2 aromatic carbocycles. The maximum Gasteiger partial charge on any atom is 0.166 e. The number of aromatic hydroxyl groups is 1. The lowest BCUT2D eigenvalue weighted by Crippen LogP contribution is -2.09. The molecular weight excluding hydrogens is 253 g/mol. The van der Waals surface area contributed by atoms with E-state index in [1.807, 2.05) is 6.92 Å². The fourth-order valence-electron chi connectivity index (χ4n) is 2.37. The number of rotatable bonds is 3. The molecule has 0 aliphatic carbocycles. The van der Waals surface area contributed by atoms with Crippen molar-refractivity contribution in [3.63, 3.8) is 0 Å². The monoisotopic (exact) mass is 273 g/mol. The SMILES string of the molecule is Cc1cc(C)c(C(C)Nc2ccc(O)c(F)c2)cc1C. The van der Waals surface area contributed by atoms with Gasteiger partial charge in [0.15, 0.2) is 11.6 Å². The number of anilines is 1. The van der Waals surface area contributed by atoms with Gasteiger partial charge in [-0.15, -0.1) is 0 Å². The molecule has 2 N–H and O–H groups in total. The van der Waals surface area contributed by atoms with Crippen LogP contribution in [0.5, 0.6) is 5.75 Å². The largest absolute Gasteiger partial charge is 0.505 e. The van der Waals surface area contributed by atoms with E-state index in [4.69, 9.17) is 0 Å². The van der Waals surface area contributed by atoms with E-state index in [0.717, 1.165) is 0 Å². The molecular formula is C17H20FNO. The average molecular weight is 273 g/mol. The first-order valence-electron chi connectivity index (χ1n) is 6.71. The summed E-state index contributed by atoms with van der Waals surface area (Å²) in [5.74, 6) is -0.940. The molecule has 0 amide bonds. The van der Waals surface area contributed by atoms with Crippen LogP contribution < -0.4 is 5.32 Å². The highest BCUT2D eigenvalue weighted by atomic mass is 19.1. The zero-order valence-corrected chi connectivity index (χ0v) is 12.3. The molecule has 0 saturated carbocycles. The molecule has 1 atom stereocenters. The highest BCUT2D eigenvalue weighted by Crippen LogP contribution is 2.26. The molecule has 106 valence electrons. The third-order valence-electron chi connectivity index (χ3n) is 3.68. The average Bonchev–Trinajstić information content (AvgIpc) is 2.38. The third-order valence-corrected chi connectivity index (χ3v) is 3.68. The molecule has 0 saturated heterocycles. The first-order valence-corrected chi connectivity index (χ1v) is 6.71. The number of hydrogen-bond acceptors (Lipinski definition) is 2. The quantitative estimate of drug-likeness (QED) is 0.799. The van der Waals surface area contributed by atoms with Gasteiger partial charge in [0.2, 0.25) is 0 Å². The van der Waals surface area contributed by atoms with E-state index in [0.29, 0.717) is 5.69 Å². The number of phenols is 1. The molecule has 3 heteroatoms. The summed E-state index contributed by atoms with van der Waals surface area (Å²) >= 11 is 0. The lowest BCUT2D eigenvalue weighted by molar-refractivity contribution is 0.432. The fraction of sp³-hybridized carbons (Fsp3) is 0.294. The molecule has 20 heavy (non-hydrogen) atoms. The van der Waals surface area contributed by atoms with Crippen molar-refractivity contribution in [3.05, 3.63) is 58.4 Å². The maximum atomic E-state index is 13.3. The maximum absolute atomic E-state index is 13.3. The second kappa shape index (κ2) is 5.53. The van der Waals surface area contributed by atoms with Gasteiger partial charge < -0.3 is 10.4 Å². The van der Waals surface area contributed by atoms with Crippen molar-refractivity contribution < 1.29 is 9.50 Å². The fourth-order valence-corrected chi connectivity index (χ4v) is 2.37. The molecule has 0 aliphatic heterocycles. The summed E-state index contributed by atoms with van der Waals surface area (Å²) in [6.45, 7) is 8.31. The molecule has 0 aliphatic rings. The van der Waals surface area contributed by atoms with E-state index in [9.17, 15) is 9.50 Å². The van der Waals surface area contributed by atoms with Crippen molar-refractivity contribution in [2.45, 2.75) is 33.7 Å². The Morgan fingerprint density at radius 2 is 1.65 bits per heavy atom. The molecule has 0 radical (unpaired) electrons. The lowest BCUT2D eigenvalue weighted by atomic mass is 9.96. The molecule has 0 heterocycles. The van der Waals surface area contributed by atoms with Crippen LogP contribution >= 0.6 is 0 Å². The Hall–Kier alpha value is -2.03. The first-order chi connectivity index (χ1) is 9.38. The molecule has 2 rings (SSSR count). The van der Waals surface area contributed by atoms with Crippen molar-refractivity contribution >= 4 is 5.69 Å². The van der Waals surface area contributed by atoms with Crippen LogP contribution in [0.15, 0.2) is 30.3 Å². The molecule has 1 unspecified atom stereocenters. The van der Waals surface area contributed by atoms with Gasteiger partial charge in [-0.2, -0.15) is 0 Å². The predicted molar refractivity (Wildman–Crippen MR) is 80.8 cm³/mol. The van der Waals surface area contributed by atoms with Crippen LogP contribution in [-0.4, -0.2) is 5.11 Å². The van der Waals surface area contributed by atoms with Gasteiger partial charge in [0, 0.05) is 17.8 Å². The van der Waals surface area contributed by atoms with Crippen LogP contribution in [0.3, 0.4) is 0 Å². The van der Waals surface area contributed by atoms with Gasteiger partial charge in [-0.1, -0.05) is 12.1 Å². The van der Waals surface area contributed by atoms with Crippen LogP contribution in [0.4, 0.5) is 10.1 Å². The minimum atomic E-state index is -0.612. The molecule has 0 fully saturated rings. The summed E-state index contributed by atoms with van der Waals surface area (Å²) < 4.78 is 13.3. The predicted octanol–water partition coefficient (Wildman–Crippen LogP) is 4.63. The molecule has 0 spiro atoms. The van der Waals surface area contributed by atoms with E-state index in [1.54, 1.807) is 6.07 Å². The minimum Gasteiger partial charge on any atom is -0.505 e. The van der Waals surface area contributed by atoms with Crippen molar-refractivity contribution in [2.75, 3.05) is 5.32 Å². The summed E-state index contributed by atoms with van der Waals surface area (Å²) in [7, 11) is 0. The van der Waals surface area contributed by atoms with Crippen molar-refractivity contribution in [2.24, 2.45) is 0 Å². The summed E-state index contributed by atoms with van der Waals surface area (Å²) in [5, 5.41) is 12.5. The first kappa shape index (κ1) is 14.4. The standard InChI is InChI=1S/C17H20FNO/c1-10-7-12(3)15(8-11(10)2)13(4)19-14-5-6-17(20)16(18)9-14/h5-9,13,19-20H,1-4H3. The Morgan fingerprint density at radius 3 is 2.30 bits per heavy atom. The van der Waals surface area contributed by atoms with E-state index >= 15 is 0 Å². The highest BCUT2D eigenvalue weighted by molar-refractivity contribution is 5.50. The van der Waals surface area contributed by atoms with E-state index in [-0.39, 0.29) is 11.8 Å². The van der Waals surface area contributed by atoms with Gasteiger partial charge in [0.25, 0.3) is 0 Å². The zero-order chi connectivity index (χ0) is 14.9. The number of hydrogen-bond donors (Lipinski definition) is 2. The number of halogens is 1. The van der Waals surface area contributed by atoms with Gasteiger partial charge in [0.1, 0.15) is 0 Å². The van der Waals surface area contributed by atoms with Crippen LogP contribution in [0.25, 0.3) is 0 Å². The minimum absolute atomic E-state index is 0.0678. The summed E-state index contributed by atoms with van der Waals surface area (Å²) in [6, 6.07) is 8.74. The van der Waals surface area contributed by atoms with Crippen molar-refractivity contribution in [1.82, 2.24) is 0 Å². The van der Waals surface area contributed by atoms with Gasteiger partial charge in [-0.05, 0) is 62.1 Å². The lowest BCUT2D eigenvalue weighted by Gasteiger charge is -2.19. The van der Waals surface area contributed by atoms with Crippen LogP contribution in [-0.2, 0) is 0 Å². The normalized spacial score (nSPS) is 12.2. The van der Waals surface area contributed by atoms with Crippen LogP contribution in [0.2, 0.25) is 0 Å².